The molecule has 1 rings (SSSR count). The van der Waals surface area contributed by atoms with Gasteiger partial charge in [0, 0.05) is 7.14 Å². The minimum absolute atomic E-state index is 0.202. The third-order valence-corrected chi connectivity index (χ3v) is 3.73. The molecule has 0 aliphatic carbocycles. The second-order valence-electron chi connectivity index (χ2n) is 4.10. The van der Waals surface area contributed by atoms with Crippen LogP contribution in [0, 0.1) is 7.14 Å². The molecule has 0 spiro atoms. The Balaban J connectivity index is 3.29. The Morgan fingerprint density at radius 3 is 1.77 bits per heavy atom. The van der Waals surface area contributed by atoms with E-state index in [1.165, 1.54) is 5.56 Å². The number of halogens is 2. The quantitative estimate of drug-likeness (QED) is 0.520. The largest absolute Gasteiger partial charge is 0.397 e. The first-order chi connectivity index (χ1) is 5.82. The lowest BCUT2D eigenvalue weighted by Crippen LogP contribution is -2.12. The van der Waals surface area contributed by atoms with Crippen molar-refractivity contribution in [1.29, 1.82) is 0 Å². The van der Waals surface area contributed by atoms with E-state index in [1.54, 1.807) is 0 Å². The van der Waals surface area contributed by atoms with Gasteiger partial charge >= 0.3 is 0 Å². The van der Waals surface area contributed by atoms with Gasteiger partial charge in [0.15, 0.2) is 0 Å². The molecule has 0 aromatic heterocycles. The molecule has 2 N–H and O–H groups in total. The van der Waals surface area contributed by atoms with Gasteiger partial charge in [-0.05, 0) is 68.3 Å². The average molecular weight is 401 g/mol. The van der Waals surface area contributed by atoms with E-state index in [4.69, 9.17) is 5.73 Å². The van der Waals surface area contributed by atoms with Crippen LogP contribution in [0.5, 0.6) is 0 Å². The van der Waals surface area contributed by atoms with Gasteiger partial charge in [-0.1, -0.05) is 20.8 Å². The Labute approximate surface area is 107 Å². The maximum Gasteiger partial charge on any atom is 0.0585 e. The summed E-state index contributed by atoms with van der Waals surface area (Å²) in [5.41, 5.74) is 8.32. The normalized spacial score (nSPS) is 11.8. The van der Waals surface area contributed by atoms with E-state index in [-0.39, 0.29) is 5.41 Å². The van der Waals surface area contributed by atoms with Crippen molar-refractivity contribution in [2.24, 2.45) is 0 Å². The van der Waals surface area contributed by atoms with Crippen LogP contribution in [0.15, 0.2) is 12.1 Å². The number of hydrogen-bond acceptors (Lipinski definition) is 1. The number of nitrogens with two attached hydrogens (primary N) is 1. The van der Waals surface area contributed by atoms with Gasteiger partial charge in [0.05, 0.1) is 5.69 Å². The molecule has 13 heavy (non-hydrogen) atoms. The molecule has 0 heterocycles. The van der Waals surface area contributed by atoms with E-state index in [1.807, 2.05) is 0 Å². The standard InChI is InChI=1S/C10H13I2N/c1-10(2,3)6-4-7(11)9(13)8(12)5-6/h4-5H,13H2,1-3H3. The molecule has 0 amide bonds. The maximum absolute atomic E-state index is 5.88. The second-order valence-corrected chi connectivity index (χ2v) is 6.43. The summed E-state index contributed by atoms with van der Waals surface area (Å²) in [5, 5.41) is 0. The van der Waals surface area contributed by atoms with Crippen molar-refractivity contribution in [2.75, 3.05) is 5.73 Å². The zero-order valence-electron chi connectivity index (χ0n) is 7.99. The molecule has 1 aromatic carbocycles. The fourth-order valence-electron chi connectivity index (χ4n) is 1.02. The molecule has 0 saturated carbocycles. The molecule has 0 bridgehead atoms. The highest BCUT2D eigenvalue weighted by Crippen LogP contribution is 2.30. The van der Waals surface area contributed by atoms with Gasteiger partial charge < -0.3 is 5.73 Å². The van der Waals surface area contributed by atoms with Crippen LogP contribution < -0.4 is 5.73 Å². The topological polar surface area (TPSA) is 26.0 Å². The van der Waals surface area contributed by atoms with E-state index in [0.717, 1.165) is 12.8 Å². The SMILES string of the molecule is CC(C)(C)c1cc(I)c(N)c(I)c1. The van der Waals surface area contributed by atoms with Crippen LogP contribution >= 0.6 is 45.2 Å². The van der Waals surface area contributed by atoms with Crippen molar-refractivity contribution in [2.45, 2.75) is 26.2 Å². The molecule has 72 valence electrons. The lowest BCUT2D eigenvalue weighted by Gasteiger charge is -2.20. The van der Waals surface area contributed by atoms with Crippen molar-refractivity contribution in [3.05, 3.63) is 24.8 Å². The second kappa shape index (κ2) is 3.92. The fourth-order valence-corrected chi connectivity index (χ4v) is 2.79. The molecule has 0 fully saturated rings. The Bertz CT molecular complexity index is 303. The van der Waals surface area contributed by atoms with Crippen LogP contribution in [0.1, 0.15) is 26.3 Å². The van der Waals surface area contributed by atoms with Gasteiger partial charge in [0.1, 0.15) is 0 Å². The molecule has 0 saturated heterocycles. The van der Waals surface area contributed by atoms with Gasteiger partial charge in [-0.3, -0.25) is 0 Å². The van der Waals surface area contributed by atoms with E-state index in [0.29, 0.717) is 0 Å². The summed E-state index contributed by atoms with van der Waals surface area (Å²) in [6.45, 7) is 6.64. The van der Waals surface area contributed by atoms with Crippen LogP contribution in [0.4, 0.5) is 5.69 Å². The van der Waals surface area contributed by atoms with E-state index in [2.05, 4.69) is 78.1 Å². The predicted molar refractivity (Wildman–Crippen MR) is 75.0 cm³/mol. The molecule has 0 unspecified atom stereocenters. The monoisotopic (exact) mass is 401 g/mol. The van der Waals surface area contributed by atoms with Gasteiger partial charge in [0.25, 0.3) is 0 Å². The van der Waals surface area contributed by atoms with Crippen molar-refractivity contribution in [3.8, 4) is 0 Å². The summed E-state index contributed by atoms with van der Waals surface area (Å²) in [6.07, 6.45) is 0. The van der Waals surface area contributed by atoms with E-state index in [9.17, 15) is 0 Å². The summed E-state index contributed by atoms with van der Waals surface area (Å²) in [7, 11) is 0. The number of anilines is 1. The third kappa shape index (κ3) is 2.71. The number of hydrogen-bond donors (Lipinski definition) is 1. The molecule has 0 radical (unpaired) electrons. The zero-order chi connectivity index (χ0) is 10.2. The van der Waals surface area contributed by atoms with E-state index >= 15 is 0 Å². The van der Waals surface area contributed by atoms with Crippen LogP contribution in [0.25, 0.3) is 0 Å². The number of rotatable bonds is 0. The smallest absolute Gasteiger partial charge is 0.0585 e. The molecule has 0 aliphatic rings. The Hall–Kier alpha value is 0.480. The molecule has 0 aliphatic heterocycles. The van der Waals surface area contributed by atoms with Crippen molar-refractivity contribution in [3.63, 3.8) is 0 Å². The molecule has 0 atom stereocenters. The molecular weight excluding hydrogens is 388 g/mol. The first-order valence-corrected chi connectivity index (χ1v) is 6.23. The third-order valence-electron chi connectivity index (χ3n) is 1.95. The number of benzene rings is 1. The molecule has 1 nitrogen and oxygen atoms in total. The Morgan fingerprint density at radius 2 is 1.46 bits per heavy atom. The highest BCUT2D eigenvalue weighted by atomic mass is 127. The van der Waals surface area contributed by atoms with Crippen LogP contribution in [0.2, 0.25) is 0 Å². The van der Waals surface area contributed by atoms with Crippen LogP contribution in [0.3, 0.4) is 0 Å². The van der Waals surface area contributed by atoms with Crippen LogP contribution in [-0.4, -0.2) is 0 Å². The van der Waals surface area contributed by atoms with Gasteiger partial charge in [-0.15, -0.1) is 0 Å². The minimum atomic E-state index is 0.202. The summed E-state index contributed by atoms with van der Waals surface area (Å²) in [5.74, 6) is 0. The van der Waals surface area contributed by atoms with Crippen LogP contribution in [-0.2, 0) is 5.41 Å². The highest BCUT2D eigenvalue weighted by Gasteiger charge is 2.15. The Kier molecular flexibility index (Phi) is 3.49. The first kappa shape index (κ1) is 11.6. The summed E-state index contributed by atoms with van der Waals surface area (Å²) in [4.78, 5) is 0. The lowest BCUT2D eigenvalue weighted by atomic mass is 9.87. The maximum atomic E-state index is 5.88. The summed E-state index contributed by atoms with van der Waals surface area (Å²) < 4.78 is 2.30. The zero-order valence-corrected chi connectivity index (χ0v) is 12.3. The van der Waals surface area contributed by atoms with Gasteiger partial charge in [0.2, 0.25) is 0 Å². The molecule has 3 heteroatoms. The molecular formula is C10H13I2N. The first-order valence-electron chi connectivity index (χ1n) is 4.07. The average Bonchev–Trinajstić information content (AvgIpc) is 1.97. The van der Waals surface area contributed by atoms with Crippen molar-refractivity contribution < 1.29 is 0 Å². The highest BCUT2D eigenvalue weighted by molar-refractivity contribution is 14.1. The van der Waals surface area contributed by atoms with Gasteiger partial charge in [-0.25, -0.2) is 0 Å². The van der Waals surface area contributed by atoms with Gasteiger partial charge in [-0.2, -0.15) is 0 Å². The van der Waals surface area contributed by atoms with E-state index < -0.39 is 0 Å². The summed E-state index contributed by atoms with van der Waals surface area (Å²) in [6, 6.07) is 4.33. The van der Waals surface area contributed by atoms with Crippen molar-refractivity contribution in [1.82, 2.24) is 0 Å². The summed E-state index contributed by atoms with van der Waals surface area (Å²) >= 11 is 4.57. The van der Waals surface area contributed by atoms with Crippen molar-refractivity contribution >= 4 is 50.9 Å². The predicted octanol–water partition coefficient (Wildman–Crippen LogP) is 3.78. The minimum Gasteiger partial charge on any atom is -0.397 e. The fraction of sp³-hybridized carbons (Fsp3) is 0.400. The Morgan fingerprint density at radius 1 is 1.08 bits per heavy atom. The number of nitrogen functional groups attached to an aromatic ring is 1. The molecule has 1 aromatic rings. The lowest BCUT2D eigenvalue weighted by molar-refractivity contribution is 0.589.